The second kappa shape index (κ2) is 13.5. The number of allylic oxidation sites excluding steroid dienone is 1. The number of fused-ring (bicyclic) bond motifs is 1. The van der Waals surface area contributed by atoms with E-state index in [0.29, 0.717) is 5.92 Å². The van der Waals surface area contributed by atoms with E-state index in [1.165, 1.54) is 22.3 Å². The van der Waals surface area contributed by atoms with Gasteiger partial charge in [0.15, 0.2) is 8.32 Å². The Balaban J connectivity index is 0.00000111. The van der Waals surface area contributed by atoms with Crippen molar-refractivity contribution in [1.82, 2.24) is 0 Å². The number of halogens is 2. The van der Waals surface area contributed by atoms with E-state index in [2.05, 4.69) is 87.3 Å². The minimum atomic E-state index is -1.39. The minimum absolute atomic E-state index is 0. The van der Waals surface area contributed by atoms with Crippen LogP contribution in [0, 0.1) is 0 Å². The Morgan fingerprint density at radius 1 is 1.04 bits per heavy atom. The first kappa shape index (κ1) is 28.2. The van der Waals surface area contributed by atoms with Crippen LogP contribution in [0.15, 0.2) is 54.1 Å². The Hall–Kier alpha value is 0.167. The minimum Gasteiger partial charge on any atom is -1.00 e. The zero-order chi connectivity index (χ0) is 19.2. The van der Waals surface area contributed by atoms with E-state index in [4.69, 9.17) is 4.43 Å². The number of hydrogen-bond donors (Lipinski definition) is 0. The van der Waals surface area contributed by atoms with Crippen LogP contribution in [-0.4, -0.2) is 20.4 Å². The average Bonchev–Trinajstić information content (AvgIpc) is 3.16. The molecule has 1 nitrogen and oxygen atoms in total. The molecule has 152 valence electrons. The molecule has 0 saturated heterocycles. The maximum Gasteiger partial charge on any atom is -1.00 e. The molecule has 0 fully saturated rings. The van der Waals surface area contributed by atoms with Gasteiger partial charge < -0.3 is 29.2 Å². The zero-order valence-corrected chi connectivity index (χ0v) is 23.5. The van der Waals surface area contributed by atoms with E-state index >= 15 is 0 Å². The molecular formula is C22H31Cl2OSi2Zr-. The number of benzene rings is 1. The van der Waals surface area contributed by atoms with Gasteiger partial charge in [-0.15, -0.1) is 5.56 Å². The maximum atomic E-state index is 6.00. The average molecular weight is 530 g/mol. The summed E-state index contributed by atoms with van der Waals surface area (Å²) in [6.45, 7) is 12.3. The smallest absolute Gasteiger partial charge is 1.00 e. The first-order valence-corrected chi connectivity index (χ1v) is 19.0. The van der Waals surface area contributed by atoms with Crippen molar-refractivity contribution >= 4 is 19.8 Å². The van der Waals surface area contributed by atoms with Crippen molar-refractivity contribution in [3.63, 3.8) is 0 Å². The molecule has 0 aromatic heterocycles. The molecule has 1 aliphatic carbocycles. The van der Waals surface area contributed by atoms with E-state index in [0.717, 1.165) is 19.4 Å². The van der Waals surface area contributed by atoms with Gasteiger partial charge in [0.05, 0.1) is 0 Å². The molecule has 2 aromatic rings. The summed E-state index contributed by atoms with van der Waals surface area (Å²) < 4.78 is 6.00. The molecule has 0 amide bonds. The third kappa shape index (κ3) is 9.32. The Morgan fingerprint density at radius 2 is 1.61 bits per heavy atom. The largest absolute Gasteiger partial charge is 1.00 e. The van der Waals surface area contributed by atoms with Crippen LogP contribution in [0.5, 0.6) is 0 Å². The van der Waals surface area contributed by atoms with Crippen LogP contribution in [0.25, 0.3) is 6.08 Å². The first-order valence-electron chi connectivity index (χ1n) is 9.44. The van der Waals surface area contributed by atoms with Crippen molar-refractivity contribution in [1.29, 1.82) is 0 Å². The predicted octanol–water partition coefficient (Wildman–Crippen LogP) is 0.358. The van der Waals surface area contributed by atoms with E-state index in [1.54, 1.807) is 23.3 Å². The van der Waals surface area contributed by atoms with E-state index in [9.17, 15) is 0 Å². The first-order chi connectivity index (χ1) is 12.3. The fraction of sp³-hybridized carbons (Fsp3) is 0.409. The second-order valence-corrected chi connectivity index (χ2v) is 22.0. The molecule has 0 spiro atoms. The van der Waals surface area contributed by atoms with Crippen molar-refractivity contribution in [3.05, 3.63) is 70.8 Å². The quantitative estimate of drug-likeness (QED) is 0.298. The van der Waals surface area contributed by atoms with Crippen LogP contribution >= 0.6 is 0 Å². The topological polar surface area (TPSA) is 9.23 Å². The van der Waals surface area contributed by atoms with E-state index in [-0.39, 0.29) is 30.2 Å². The Morgan fingerprint density at radius 3 is 2.18 bits per heavy atom. The van der Waals surface area contributed by atoms with Gasteiger partial charge in [-0.3, -0.25) is 0 Å². The third-order valence-corrected chi connectivity index (χ3v) is 5.26. The van der Waals surface area contributed by atoms with Crippen LogP contribution in [0.3, 0.4) is 0 Å². The molecule has 28 heavy (non-hydrogen) atoms. The van der Waals surface area contributed by atoms with Gasteiger partial charge in [-0.2, -0.15) is 12.1 Å². The summed E-state index contributed by atoms with van der Waals surface area (Å²) >= 11 is 1.74. The van der Waals surface area contributed by atoms with Crippen molar-refractivity contribution < 1.29 is 52.6 Å². The van der Waals surface area contributed by atoms with Crippen LogP contribution in [0.2, 0.25) is 32.7 Å². The van der Waals surface area contributed by atoms with Gasteiger partial charge in [0.1, 0.15) is 0 Å². The molecule has 0 N–H and O–H groups in total. The summed E-state index contributed by atoms with van der Waals surface area (Å²) in [5.74, 6) is 0.443. The Kier molecular flexibility index (Phi) is 13.5. The molecule has 2 aromatic carbocycles. The molecule has 3 rings (SSSR count). The summed E-state index contributed by atoms with van der Waals surface area (Å²) in [5, 5.41) is 0. The second-order valence-electron chi connectivity index (χ2n) is 8.06. The van der Waals surface area contributed by atoms with Crippen molar-refractivity contribution in [2.45, 2.75) is 51.5 Å². The molecule has 0 aliphatic heterocycles. The van der Waals surface area contributed by atoms with Gasteiger partial charge in [0.25, 0.3) is 0 Å². The molecule has 6 heteroatoms. The van der Waals surface area contributed by atoms with Crippen LogP contribution in [0.1, 0.15) is 35.4 Å². The van der Waals surface area contributed by atoms with Crippen LogP contribution in [-0.2, 0) is 27.8 Å². The Bertz CT molecular complexity index is 748. The molecule has 0 bridgehead atoms. The van der Waals surface area contributed by atoms with Gasteiger partial charge in [-0.1, -0.05) is 35.9 Å². The maximum absolute atomic E-state index is 6.00. The van der Waals surface area contributed by atoms with E-state index < -0.39 is 8.32 Å². The zero-order valence-electron chi connectivity index (χ0n) is 17.6. The number of hydrogen-bond acceptors (Lipinski definition) is 1. The summed E-state index contributed by atoms with van der Waals surface area (Å²) in [7, 11) is -1.39. The standard InChI is InChI=1S/C20H25OSi.C2H6Si.2ClH.Zr/c1-22(2,3)21-14-8-12-18-15-17-11-6-7-13-19(17)20(18)16-9-4-5-10-16;1-3-2;;;/h4-7,9-11,13,15,20H,8,12,14H2,1-3H3;1-2H3;2*1H;/q-1;;;;+2/p-2. The van der Waals surface area contributed by atoms with Gasteiger partial charge in [-0.25, -0.2) is 12.1 Å². The third-order valence-electron chi connectivity index (χ3n) is 4.19. The summed E-state index contributed by atoms with van der Waals surface area (Å²) in [6, 6.07) is 17.6. The SMILES string of the molecule is C[Si](C)(C)OCCCC1=Cc2ccccc2C1[c-]1cccc1.C[Si](C)=[Zr+2].[Cl-].[Cl-]. The predicted molar refractivity (Wildman–Crippen MR) is 114 cm³/mol. The summed E-state index contributed by atoms with van der Waals surface area (Å²) in [5.41, 5.74) is 6.00. The van der Waals surface area contributed by atoms with Gasteiger partial charge in [0, 0.05) is 6.61 Å². The molecule has 1 atom stereocenters. The molecule has 0 heterocycles. The summed E-state index contributed by atoms with van der Waals surface area (Å²) in [4.78, 5) is 0. The molecule has 1 unspecified atom stereocenters. The Labute approximate surface area is 200 Å². The van der Waals surface area contributed by atoms with Crippen molar-refractivity contribution in [2.24, 2.45) is 0 Å². The number of rotatable bonds is 6. The fourth-order valence-electron chi connectivity index (χ4n) is 3.23. The van der Waals surface area contributed by atoms with Crippen molar-refractivity contribution in [3.8, 4) is 0 Å². The van der Waals surface area contributed by atoms with Crippen molar-refractivity contribution in [2.75, 3.05) is 6.61 Å². The van der Waals surface area contributed by atoms with E-state index in [1.807, 2.05) is 0 Å². The molecule has 0 saturated carbocycles. The van der Waals surface area contributed by atoms with Gasteiger partial charge in [-0.05, 0) is 49.5 Å². The van der Waals surface area contributed by atoms with Gasteiger partial charge >= 0.3 is 41.9 Å². The normalized spacial score (nSPS) is 14.7. The monoisotopic (exact) mass is 527 g/mol. The van der Waals surface area contributed by atoms with Crippen LogP contribution < -0.4 is 24.8 Å². The fourth-order valence-corrected chi connectivity index (χ4v) is 3.99. The molecule has 1 aliphatic rings. The van der Waals surface area contributed by atoms with Crippen LogP contribution in [0.4, 0.5) is 0 Å². The molecule has 0 radical (unpaired) electrons. The van der Waals surface area contributed by atoms with Gasteiger partial charge in [0.2, 0.25) is 0 Å². The summed E-state index contributed by atoms with van der Waals surface area (Å²) in [6.07, 6.45) is 4.62. The molecular weight excluding hydrogens is 499 g/mol.